The van der Waals surface area contributed by atoms with Gasteiger partial charge in [0.25, 0.3) is 0 Å². The minimum atomic E-state index is -1.28. The van der Waals surface area contributed by atoms with Crippen molar-refractivity contribution < 1.29 is 24.1 Å². The first kappa shape index (κ1) is 14.2. The highest BCUT2D eigenvalue weighted by Gasteiger charge is 2.16. The molecular weight excluding hydrogens is 235 g/mol. The number of esters is 1. The van der Waals surface area contributed by atoms with Crippen molar-refractivity contribution in [2.75, 3.05) is 0 Å². The van der Waals surface area contributed by atoms with E-state index in [1.807, 2.05) is 30.3 Å². The van der Waals surface area contributed by atoms with E-state index in [9.17, 15) is 14.7 Å². The third kappa shape index (κ3) is 5.01. The lowest BCUT2D eigenvalue weighted by Crippen LogP contribution is -2.23. The van der Waals surface area contributed by atoms with Gasteiger partial charge in [0.1, 0.15) is 12.7 Å². The summed E-state index contributed by atoms with van der Waals surface area (Å²) in [6.45, 7) is 0.188. The molecule has 0 radical (unpaired) electrons. The smallest absolute Gasteiger partial charge is 0.326 e. The van der Waals surface area contributed by atoms with E-state index >= 15 is 0 Å². The molecule has 0 aliphatic heterocycles. The topological polar surface area (TPSA) is 72.8 Å². The molecule has 0 bridgehead atoms. The molecule has 96 valence electrons. The lowest BCUT2D eigenvalue weighted by Gasteiger charge is -2.08. The Morgan fingerprint density at radius 2 is 1.94 bits per heavy atom. The lowest BCUT2D eigenvalue weighted by atomic mass is 10.2. The standard InChI is InChI=1S/C12H15BO5/c13-18-12(16)10(14)6-7-11(15)17-8-9-4-2-1-3-5-9/h1-5,10,14H,6-8,13H2/t10-/m1/s1. The fraction of sp³-hybridized carbons (Fsp3) is 0.333. The first-order valence-corrected chi connectivity index (χ1v) is 5.59. The van der Waals surface area contributed by atoms with Gasteiger partial charge in [-0.15, -0.1) is 0 Å². The lowest BCUT2D eigenvalue weighted by molar-refractivity contribution is -0.148. The summed E-state index contributed by atoms with van der Waals surface area (Å²) < 4.78 is 9.32. The molecule has 0 saturated carbocycles. The number of benzene rings is 1. The van der Waals surface area contributed by atoms with Crippen molar-refractivity contribution in [3.8, 4) is 0 Å². The summed E-state index contributed by atoms with van der Waals surface area (Å²) in [5, 5.41) is 9.27. The van der Waals surface area contributed by atoms with Crippen LogP contribution in [0.2, 0.25) is 0 Å². The van der Waals surface area contributed by atoms with Crippen LogP contribution in [-0.2, 0) is 25.6 Å². The average molecular weight is 250 g/mol. The third-order valence-electron chi connectivity index (χ3n) is 2.34. The normalized spacial score (nSPS) is 11.6. The van der Waals surface area contributed by atoms with Crippen molar-refractivity contribution in [2.45, 2.75) is 25.6 Å². The van der Waals surface area contributed by atoms with Gasteiger partial charge in [-0.05, 0) is 12.0 Å². The van der Waals surface area contributed by atoms with Crippen LogP contribution in [0.15, 0.2) is 30.3 Å². The van der Waals surface area contributed by atoms with Crippen LogP contribution in [-0.4, -0.2) is 31.2 Å². The second-order valence-corrected chi connectivity index (χ2v) is 3.72. The van der Waals surface area contributed by atoms with E-state index in [0.29, 0.717) is 0 Å². The third-order valence-corrected chi connectivity index (χ3v) is 2.34. The Balaban J connectivity index is 2.24. The molecule has 0 heterocycles. The Morgan fingerprint density at radius 3 is 2.56 bits per heavy atom. The number of aliphatic hydroxyl groups is 1. The molecule has 1 aromatic rings. The maximum atomic E-state index is 11.3. The van der Waals surface area contributed by atoms with Gasteiger partial charge >= 0.3 is 20.0 Å². The highest BCUT2D eigenvalue weighted by molar-refractivity contribution is 6.06. The second kappa shape index (κ2) is 7.50. The Kier molecular flexibility index (Phi) is 5.94. The number of ether oxygens (including phenoxy) is 1. The number of aliphatic hydroxyl groups excluding tert-OH is 1. The van der Waals surface area contributed by atoms with Gasteiger partial charge in [0, 0.05) is 6.42 Å². The van der Waals surface area contributed by atoms with Gasteiger partial charge in [0.05, 0.1) is 0 Å². The zero-order valence-electron chi connectivity index (χ0n) is 10.2. The van der Waals surface area contributed by atoms with Crippen molar-refractivity contribution >= 4 is 20.0 Å². The van der Waals surface area contributed by atoms with Crippen molar-refractivity contribution in [1.29, 1.82) is 0 Å². The van der Waals surface area contributed by atoms with Gasteiger partial charge in [0.15, 0.2) is 0 Å². The molecule has 0 amide bonds. The van der Waals surface area contributed by atoms with E-state index in [-0.39, 0.29) is 19.4 Å². The number of carbonyl (C=O) groups is 2. The molecule has 0 fully saturated rings. The van der Waals surface area contributed by atoms with Gasteiger partial charge in [-0.2, -0.15) is 0 Å². The van der Waals surface area contributed by atoms with Crippen LogP contribution in [0.3, 0.4) is 0 Å². The predicted octanol–water partition coefficient (Wildman–Crippen LogP) is -0.0378. The molecule has 5 nitrogen and oxygen atoms in total. The van der Waals surface area contributed by atoms with E-state index in [2.05, 4.69) is 4.65 Å². The van der Waals surface area contributed by atoms with Gasteiger partial charge in [0.2, 0.25) is 0 Å². The fourth-order valence-electron chi connectivity index (χ4n) is 1.32. The van der Waals surface area contributed by atoms with E-state index in [1.54, 1.807) is 0 Å². The summed E-state index contributed by atoms with van der Waals surface area (Å²) in [6.07, 6.45) is -1.30. The molecule has 0 aliphatic carbocycles. The van der Waals surface area contributed by atoms with Crippen molar-refractivity contribution in [1.82, 2.24) is 0 Å². The minimum Gasteiger partial charge on any atom is -0.542 e. The number of rotatable bonds is 6. The number of hydrogen-bond acceptors (Lipinski definition) is 5. The van der Waals surface area contributed by atoms with Crippen molar-refractivity contribution in [3.05, 3.63) is 35.9 Å². The molecule has 0 spiro atoms. The van der Waals surface area contributed by atoms with Crippen LogP contribution in [0, 0.1) is 0 Å². The SMILES string of the molecule is BOC(=O)[C@H](O)CCC(=O)OCc1ccccc1. The molecule has 1 N–H and O–H groups in total. The maximum absolute atomic E-state index is 11.3. The molecule has 1 aromatic carbocycles. The van der Waals surface area contributed by atoms with Gasteiger partial charge in [-0.25, -0.2) is 0 Å². The largest absolute Gasteiger partial charge is 0.542 e. The molecule has 0 saturated heterocycles. The monoisotopic (exact) mass is 250 g/mol. The van der Waals surface area contributed by atoms with E-state index in [1.165, 1.54) is 8.05 Å². The van der Waals surface area contributed by atoms with Gasteiger partial charge in [-0.3, -0.25) is 9.59 Å². The summed E-state index contributed by atoms with van der Waals surface area (Å²) in [5.41, 5.74) is 0.888. The molecule has 0 unspecified atom stereocenters. The van der Waals surface area contributed by atoms with Crippen LogP contribution >= 0.6 is 0 Å². The van der Waals surface area contributed by atoms with Crippen LogP contribution in [0.1, 0.15) is 18.4 Å². The average Bonchev–Trinajstić information content (AvgIpc) is 2.42. The Bertz CT molecular complexity index is 393. The maximum Gasteiger partial charge on any atom is 0.326 e. The highest BCUT2D eigenvalue weighted by Crippen LogP contribution is 2.04. The van der Waals surface area contributed by atoms with E-state index < -0.39 is 18.0 Å². The van der Waals surface area contributed by atoms with E-state index in [4.69, 9.17) is 4.74 Å². The zero-order valence-corrected chi connectivity index (χ0v) is 10.2. The summed E-state index contributed by atoms with van der Waals surface area (Å²) in [7, 11) is 1.18. The van der Waals surface area contributed by atoms with Crippen molar-refractivity contribution in [2.24, 2.45) is 0 Å². The summed E-state index contributed by atoms with van der Waals surface area (Å²) in [4.78, 5) is 22.2. The first-order chi connectivity index (χ1) is 8.63. The quantitative estimate of drug-likeness (QED) is 0.566. The number of hydrogen-bond donors (Lipinski definition) is 1. The molecule has 6 heteroatoms. The molecule has 1 atom stereocenters. The fourth-order valence-corrected chi connectivity index (χ4v) is 1.32. The van der Waals surface area contributed by atoms with Crippen LogP contribution in [0.4, 0.5) is 0 Å². The zero-order chi connectivity index (χ0) is 13.4. The first-order valence-electron chi connectivity index (χ1n) is 5.59. The molecule has 18 heavy (non-hydrogen) atoms. The molecule has 0 aromatic heterocycles. The van der Waals surface area contributed by atoms with E-state index in [0.717, 1.165) is 5.56 Å². The van der Waals surface area contributed by atoms with Crippen molar-refractivity contribution in [3.63, 3.8) is 0 Å². The van der Waals surface area contributed by atoms with Crippen LogP contribution in [0.25, 0.3) is 0 Å². The highest BCUT2D eigenvalue weighted by atomic mass is 16.5. The molecule has 0 aliphatic rings. The summed E-state index contributed by atoms with van der Waals surface area (Å²) >= 11 is 0. The van der Waals surface area contributed by atoms with Crippen LogP contribution < -0.4 is 0 Å². The predicted molar refractivity (Wildman–Crippen MR) is 66.1 cm³/mol. The van der Waals surface area contributed by atoms with Gasteiger partial charge < -0.3 is 14.5 Å². The Hall–Kier alpha value is -1.82. The summed E-state index contributed by atoms with van der Waals surface area (Å²) in [6, 6.07) is 9.26. The van der Waals surface area contributed by atoms with Gasteiger partial charge in [-0.1, -0.05) is 30.3 Å². The molecular formula is C12H15BO5. The second-order valence-electron chi connectivity index (χ2n) is 3.72. The Morgan fingerprint density at radius 1 is 1.28 bits per heavy atom. The van der Waals surface area contributed by atoms with Crippen LogP contribution in [0.5, 0.6) is 0 Å². The number of carbonyl (C=O) groups excluding carboxylic acids is 2. The summed E-state index contributed by atoms with van der Waals surface area (Å²) in [5.74, 6) is -1.20. The minimum absolute atomic E-state index is 0.000294. The Labute approximate surface area is 106 Å². The molecule has 1 rings (SSSR count).